The zero-order valence-electron chi connectivity index (χ0n) is 38.4. The fraction of sp³-hybridized carbons (Fsp3) is 0.373. The van der Waals surface area contributed by atoms with E-state index in [0.717, 1.165) is 5.54 Å². The Hall–Kier alpha value is -1.95. The monoisotopic (exact) mass is 1000 g/mol. The van der Waals surface area contributed by atoms with Crippen LogP contribution in [-0.2, 0) is 25.8 Å². The number of benzene rings is 4. The average Bonchev–Trinajstić information content (AvgIpc) is 3.75. The van der Waals surface area contributed by atoms with Crippen molar-refractivity contribution in [3.05, 3.63) is 112 Å². The molecule has 1 fully saturated rings. The molecular formula is C51H72HfSi5. The van der Waals surface area contributed by atoms with Gasteiger partial charge in [-0.05, 0) is 16.7 Å². The van der Waals surface area contributed by atoms with Crippen LogP contribution in [0.5, 0.6) is 0 Å². The van der Waals surface area contributed by atoms with Crippen LogP contribution in [0.25, 0.3) is 43.8 Å². The van der Waals surface area contributed by atoms with Crippen LogP contribution in [0.2, 0.25) is 90.7 Å². The molecule has 0 heterocycles. The van der Waals surface area contributed by atoms with Gasteiger partial charge in [-0.2, -0.15) is 12.1 Å². The van der Waals surface area contributed by atoms with Gasteiger partial charge >= 0.3 is 25.8 Å². The second kappa shape index (κ2) is 17.2. The van der Waals surface area contributed by atoms with Gasteiger partial charge in [0.15, 0.2) is 0 Å². The molecule has 0 bridgehead atoms. The van der Waals surface area contributed by atoms with Gasteiger partial charge in [0.1, 0.15) is 0 Å². The van der Waals surface area contributed by atoms with Crippen LogP contribution >= 0.6 is 0 Å². The Labute approximate surface area is 372 Å². The second-order valence-corrected chi connectivity index (χ2v) is 45.9. The van der Waals surface area contributed by atoms with Gasteiger partial charge in [0.05, 0.1) is 40.4 Å². The number of hydrogen-bond acceptors (Lipinski definition) is 0. The summed E-state index contributed by atoms with van der Waals surface area (Å²) >= 11 is 0. The van der Waals surface area contributed by atoms with Crippen LogP contribution in [0.15, 0.2) is 97.1 Å². The standard InChI is InChI=1S/C49H66Si5.2CH3.Hf/c1-50(2,3)40-27-37(28-41(31-40)51(4,5)6)46-23-17-19-35-25-44(33-48(35)46)54(13,39-21-15-14-16-22-39)45-26-36-20-18-24-47(49(36)34-45)38-29-42(52(7,8)9)32-43(30-38)53(10,11)12;;;/h17-20,23-34,39H,14-16,21-22H2,1-13H3;2*1H3;/q-2;2*-1;+4. The molecule has 0 unspecified atom stereocenters. The summed E-state index contributed by atoms with van der Waals surface area (Å²) in [5, 5.41) is 15.4. The van der Waals surface area contributed by atoms with Crippen LogP contribution in [0, 0.1) is 14.9 Å². The van der Waals surface area contributed by atoms with Crippen molar-refractivity contribution in [3.8, 4) is 22.3 Å². The molecule has 6 heteroatoms. The molecule has 1 aliphatic carbocycles. The zero-order valence-corrected chi connectivity index (χ0v) is 46.9. The molecule has 0 radical (unpaired) electrons. The summed E-state index contributed by atoms with van der Waals surface area (Å²) in [5.41, 5.74) is 6.47. The minimum absolute atomic E-state index is 0. The van der Waals surface area contributed by atoms with E-state index in [9.17, 15) is 0 Å². The molecule has 0 spiro atoms. The van der Waals surface area contributed by atoms with Gasteiger partial charge in [0, 0.05) is 0 Å². The number of rotatable bonds is 9. The zero-order chi connectivity index (χ0) is 39.0. The van der Waals surface area contributed by atoms with Crippen molar-refractivity contribution in [3.63, 3.8) is 0 Å². The molecule has 0 saturated heterocycles. The van der Waals surface area contributed by atoms with Crippen molar-refractivity contribution in [1.82, 2.24) is 0 Å². The first-order chi connectivity index (χ1) is 25.1. The number of hydrogen-bond donors (Lipinski definition) is 0. The van der Waals surface area contributed by atoms with Gasteiger partial charge in [-0.3, -0.25) is 0 Å². The molecule has 57 heavy (non-hydrogen) atoms. The summed E-state index contributed by atoms with van der Waals surface area (Å²) in [7, 11) is -8.17. The maximum absolute atomic E-state index is 2.75. The van der Waals surface area contributed by atoms with Gasteiger partial charge in [-0.25, -0.2) is 0 Å². The van der Waals surface area contributed by atoms with Gasteiger partial charge < -0.3 is 14.9 Å². The van der Waals surface area contributed by atoms with Crippen LogP contribution in [0.1, 0.15) is 32.1 Å². The maximum atomic E-state index is 2.75. The molecule has 0 nitrogen and oxygen atoms in total. The maximum Gasteiger partial charge on any atom is 4.00 e. The Morgan fingerprint density at radius 1 is 0.439 bits per heavy atom. The van der Waals surface area contributed by atoms with E-state index in [1.165, 1.54) is 75.9 Å². The summed E-state index contributed by atoms with van der Waals surface area (Å²) in [6.07, 6.45) is 6.86. The molecule has 1 aliphatic rings. The SMILES string of the molecule is C[Si](C)(C)c1cc(-c2cccc3[cH-]c([Si](C)(c4cc5c(-c6cc([Si](C)(C)C)cc([Si](C)(C)C)c6)cccc5[cH-]4)C4CCCCC4)cc23)cc([Si](C)(C)C)c1.[CH3-].[CH3-].[Hf+4]. The first-order valence-electron chi connectivity index (χ1n) is 20.9. The first kappa shape index (κ1) is 47.7. The van der Waals surface area contributed by atoms with E-state index in [2.05, 4.69) is 182 Å². The molecule has 6 aromatic rings. The topological polar surface area (TPSA) is 0 Å². The Kier molecular flexibility index (Phi) is 14.4. The quantitative estimate of drug-likeness (QED) is 0.100. The van der Waals surface area contributed by atoms with E-state index in [0.29, 0.717) is 0 Å². The minimum atomic E-state index is -2.15. The third-order valence-corrected chi connectivity index (χ3v) is 26.3. The van der Waals surface area contributed by atoms with Crippen LogP contribution in [-0.4, -0.2) is 40.4 Å². The largest absolute Gasteiger partial charge is 4.00 e. The van der Waals surface area contributed by atoms with Crippen molar-refractivity contribution in [1.29, 1.82) is 0 Å². The molecule has 7 rings (SSSR count). The molecule has 300 valence electrons. The third kappa shape index (κ3) is 9.52. The number of fused-ring (bicyclic) bond motifs is 2. The summed E-state index contributed by atoms with van der Waals surface area (Å²) in [5.74, 6) is 0. The van der Waals surface area contributed by atoms with E-state index in [1.54, 1.807) is 31.1 Å². The normalized spacial score (nSPS) is 14.6. The van der Waals surface area contributed by atoms with Gasteiger partial charge in [0.2, 0.25) is 0 Å². The minimum Gasteiger partial charge on any atom is -0.358 e. The summed E-state index contributed by atoms with van der Waals surface area (Å²) < 4.78 is 0. The Balaban J connectivity index is 0.00000240. The van der Waals surface area contributed by atoms with Crippen molar-refractivity contribution < 1.29 is 25.8 Å². The van der Waals surface area contributed by atoms with Crippen molar-refractivity contribution in [2.24, 2.45) is 0 Å². The molecule has 0 atom stereocenters. The van der Waals surface area contributed by atoms with E-state index >= 15 is 0 Å². The molecule has 1 saturated carbocycles. The molecule has 6 aromatic carbocycles. The van der Waals surface area contributed by atoms with Crippen molar-refractivity contribution in [2.75, 3.05) is 0 Å². The fourth-order valence-corrected chi connectivity index (χ4v) is 18.8. The smallest absolute Gasteiger partial charge is 0.358 e. The van der Waals surface area contributed by atoms with E-state index in [1.807, 2.05) is 0 Å². The fourth-order valence-electron chi connectivity index (χ4n) is 9.19. The summed E-state index contributed by atoms with van der Waals surface area (Å²) in [6, 6.07) is 40.3. The third-order valence-electron chi connectivity index (χ3n) is 13.1. The first-order valence-corrected chi connectivity index (χ1v) is 37.4. The Morgan fingerprint density at radius 2 is 0.772 bits per heavy atom. The van der Waals surface area contributed by atoms with Crippen LogP contribution in [0.4, 0.5) is 0 Å². The molecule has 0 amide bonds. The molecule has 0 aliphatic heterocycles. The molecular weight excluding hydrogens is 931 g/mol. The van der Waals surface area contributed by atoms with Crippen molar-refractivity contribution in [2.45, 2.75) is 123 Å². The van der Waals surface area contributed by atoms with Gasteiger partial charge in [-0.15, -0.1) is 68.3 Å². The van der Waals surface area contributed by atoms with E-state index in [-0.39, 0.29) is 40.7 Å². The van der Waals surface area contributed by atoms with E-state index in [4.69, 9.17) is 0 Å². The molecule has 0 N–H and O–H groups in total. The Bertz CT molecular complexity index is 2110. The van der Waals surface area contributed by atoms with Crippen LogP contribution in [0.3, 0.4) is 0 Å². The predicted molar refractivity (Wildman–Crippen MR) is 272 cm³/mol. The van der Waals surface area contributed by atoms with Crippen LogP contribution < -0.4 is 31.1 Å². The molecule has 0 aromatic heterocycles. The Morgan fingerprint density at radius 3 is 1.09 bits per heavy atom. The second-order valence-electron chi connectivity index (χ2n) is 21.2. The van der Waals surface area contributed by atoms with Gasteiger partial charge in [-0.1, -0.05) is 198 Å². The van der Waals surface area contributed by atoms with E-state index < -0.39 is 40.4 Å². The van der Waals surface area contributed by atoms with Crippen molar-refractivity contribution >= 4 is 93.0 Å². The predicted octanol–water partition coefficient (Wildman–Crippen LogP) is 12.4. The summed E-state index contributed by atoms with van der Waals surface area (Å²) in [4.78, 5) is 0. The van der Waals surface area contributed by atoms with Gasteiger partial charge in [0.25, 0.3) is 0 Å². The summed E-state index contributed by atoms with van der Waals surface area (Å²) in [6.45, 7) is 32.8. The average molecular weight is 1000 g/mol.